The van der Waals surface area contributed by atoms with Crippen LogP contribution < -0.4 is 15.4 Å². The number of rotatable bonds is 6. The number of benzene rings is 2. The molecule has 0 saturated heterocycles. The number of nitrogens with one attached hydrogen (secondary N) is 3. The second kappa shape index (κ2) is 7.55. The van der Waals surface area contributed by atoms with Crippen molar-refractivity contribution >= 4 is 34.2 Å². The Labute approximate surface area is 150 Å². The van der Waals surface area contributed by atoms with Crippen LogP contribution >= 0.6 is 11.6 Å². The third-order valence-electron chi connectivity index (χ3n) is 3.82. The summed E-state index contributed by atoms with van der Waals surface area (Å²) in [4.78, 5) is 19.9. The van der Waals surface area contributed by atoms with Crippen LogP contribution in [-0.2, 0) is 4.79 Å². The number of aromatic nitrogens is 2. The maximum absolute atomic E-state index is 12.1. The monoisotopic (exact) mass is 358 g/mol. The van der Waals surface area contributed by atoms with Crippen molar-refractivity contribution in [2.45, 2.75) is 13.0 Å². The van der Waals surface area contributed by atoms with Gasteiger partial charge in [0, 0.05) is 11.8 Å². The lowest BCUT2D eigenvalue weighted by Crippen LogP contribution is -2.30. The molecule has 0 fully saturated rings. The van der Waals surface area contributed by atoms with Crippen molar-refractivity contribution in [2.24, 2.45) is 0 Å². The molecule has 0 aliphatic rings. The third-order valence-corrected chi connectivity index (χ3v) is 4.13. The first-order valence-corrected chi connectivity index (χ1v) is 8.26. The predicted octanol–water partition coefficient (Wildman–Crippen LogP) is 3.51. The quantitative estimate of drug-likeness (QED) is 0.630. The Morgan fingerprint density at radius 2 is 2.12 bits per heavy atom. The van der Waals surface area contributed by atoms with E-state index < -0.39 is 0 Å². The maximum Gasteiger partial charge on any atom is 0.238 e. The number of hydrogen-bond donors (Lipinski definition) is 3. The van der Waals surface area contributed by atoms with E-state index in [0.717, 1.165) is 16.9 Å². The average Bonchev–Trinajstić information content (AvgIpc) is 3.05. The fourth-order valence-electron chi connectivity index (χ4n) is 2.46. The highest BCUT2D eigenvalue weighted by Gasteiger charge is 2.12. The van der Waals surface area contributed by atoms with E-state index in [1.165, 1.54) is 7.11 Å². The number of carbonyl (C=O) groups excluding carboxylic acids is 1. The third kappa shape index (κ3) is 4.10. The summed E-state index contributed by atoms with van der Waals surface area (Å²) in [5, 5.41) is 6.46. The van der Waals surface area contributed by atoms with Crippen LogP contribution in [0.25, 0.3) is 11.0 Å². The number of hydrogen-bond acceptors (Lipinski definition) is 4. The maximum atomic E-state index is 12.1. The van der Waals surface area contributed by atoms with E-state index in [4.69, 9.17) is 16.3 Å². The van der Waals surface area contributed by atoms with Crippen molar-refractivity contribution in [1.82, 2.24) is 15.3 Å². The number of nitrogens with zero attached hydrogens (tertiary/aromatic N) is 1. The van der Waals surface area contributed by atoms with Gasteiger partial charge in [0.05, 0.1) is 35.8 Å². The summed E-state index contributed by atoms with van der Waals surface area (Å²) >= 11 is 5.98. The van der Waals surface area contributed by atoms with E-state index in [1.807, 2.05) is 31.2 Å². The topological polar surface area (TPSA) is 79.0 Å². The van der Waals surface area contributed by atoms with Crippen molar-refractivity contribution in [2.75, 3.05) is 19.0 Å². The SMILES string of the molecule is COc1cc(NC(=O)CN[C@@H](C)c2nc3ccccc3[nH]2)ccc1Cl. The van der Waals surface area contributed by atoms with E-state index in [9.17, 15) is 4.79 Å². The molecule has 1 atom stereocenters. The number of ether oxygens (including phenoxy) is 1. The van der Waals surface area contributed by atoms with Gasteiger partial charge in [-0.25, -0.2) is 4.98 Å². The second-order valence-corrected chi connectivity index (χ2v) is 6.05. The molecular formula is C18H19ClN4O2. The van der Waals surface area contributed by atoms with E-state index in [0.29, 0.717) is 16.5 Å². The fraction of sp³-hybridized carbons (Fsp3) is 0.222. The molecule has 0 spiro atoms. The molecule has 0 aliphatic heterocycles. The number of imidazole rings is 1. The minimum Gasteiger partial charge on any atom is -0.495 e. The summed E-state index contributed by atoms with van der Waals surface area (Å²) in [6.45, 7) is 2.11. The summed E-state index contributed by atoms with van der Waals surface area (Å²) < 4.78 is 5.14. The van der Waals surface area contributed by atoms with E-state index in [1.54, 1.807) is 18.2 Å². The minimum absolute atomic E-state index is 0.0853. The smallest absolute Gasteiger partial charge is 0.238 e. The molecule has 0 radical (unpaired) electrons. The highest BCUT2D eigenvalue weighted by Crippen LogP contribution is 2.27. The van der Waals surface area contributed by atoms with Crippen molar-refractivity contribution < 1.29 is 9.53 Å². The Bertz CT molecular complexity index is 861. The fourth-order valence-corrected chi connectivity index (χ4v) is 2.66. The van der Waals surface area contributed by atoms with Gasteiger partial charge < -0.3 is 15.0 Å². The molecule has 0 bridgehead atoms. The number of amides is 1. The van der Waals surface area contributed by atoms with Gasteiger partial charge in [-0.2, -0.15) is 0 Å². The van der Waals surface area contributed by atoms with Crippen LogP contribution in [0.3, 0.4) is 0 Å². The Morgan fingerprint density at radius 3 is 2.88 bits per heavy atom. The zero-order valence-corrected chi connectivity index (χ0v) is 14.7. The molecular weight excluding hydrogens is 340 g/mol. The highest BCUT2D eigenvalue weighted by atomic mass is 35.5. The van der Waals surface area contributed by atoms with Gasteiger partial charge in [-0.1, -0.05) is 23.7 Å². The number of anilines is 1. The molecule has 3 aromatic rings. The number of methoxy groups -OCH3 is 1. The van der Waals surface area contributed by atoms with Crippen LogP contribution in [0, 0.1) is 0 Å². The Kier molecular flexibility index (Phi) is 5.21. The first kappa shape index (κ1) is 17.3. The molecule has 25 heavy (non-hydrogen) atoms. The summed E-state index contributed by atoms with van der Waals surface area (Å²) in [6.07, 6.45) is 0. The number of para-hydroxylation sites is 2. The first-order chi connectivity index (χ1) is 12.1. The molecule has 130 valence electrons. The Morgan fingerprint density at radius 1 is 1.32 bits per heavy atom. The summed E-state index contributed by atoms with van der Waals surface area (Å²) in [6, 6.07) is 12.8. The first-order valence-electron chi connectivity index (χ1n) is 7.88. The van der Waals surface area contributed by atoms with Gasteiger partial charge in [0.15, 0.2) is 0 Å². The van der Waals surface area contributed by atoms with Gasteiger partial charge in [0.2, 0.25) is 5.91 Å². The lowest BCUT2D eigenvalue weighted by molar-refractivity contribution is -0.115. The average molecular weight is 359 g/mol. The number of aromatic amines is 1. The van der Waals surface area contributed by atoms with Gasteiger partial charge in [0.1, 0.15) is 11.6 Å². The van der Waals surface area contributed by atoms with Crippen molar-refractivity contribution in [3.05, 3.63) is 53.3 Å². The number of halogens is 1. The molecule has 3 rings (SSSR count). The van der Waals surface area contributed by atoms with Crippen LogP contribution in [0.4, 0.5) is 5.69 Å². The van der Waals surface area contributed by atoms with Gasteiger partial charge in [-0.15, -0.1) is 0 Å². The zero-order valence-electron chi connectivity index (χ0n) is 14.0. The summed E-state index contributed by atoms with van der Waals surface area (Å²) in [5.74, 6) is 1.15. The molecule has 2 aromatic carbocycles. The molecule has 0 saturated carbocycles. The van der Waals surface area contributed by atoms with Crippen LogP contribution in [0.15, 0.2) is 42.5 Å². The predicted molar refractivity (Wildman–Crippen MR) is 99.1 cm³/mol. The van der Waals surface area contributed by atoms with Crippen LogP contribution in [-0.4, -0.2) is 29.5 Å². The largest absolute Gasteiger partial charge is 0.495 e. The van der Waals surface area contributed by atoms with Crippen molar-refractivity contribution in [1.29, 1.82) is 0 Å². The van der Waals surface area contributed by atoms with Crippen LogP contribution in [0.2, 0.25) is 5.02 Å². The summed E-state index contributed by atoms with van der Waals surface area (Å²) in [5.41, 5.74) is 2.51. The summed E-state index contributed by atoms with van der Waals surface area (Å²) in [7, 11) is 1.53. The Hall–Kier alpha value is -2.57. The van der Waals surface area contributed by atoms with Crippen LogP contribution in [0.5, 0.6) is 5.75 Å². The molecule has 0 aliphatic carbocycles. The van der Waals surface area contributed by atoms with E-state index >= 15 is 0 Å². The standard InChI is InChI=1S/C18H19ClN4O2/c1-11(18-22-14-5-3-4-6-15(14)23-18)20-10-17(24)21-12-7-8-13(19)16(9-12)25-2/h3-9,11,20H,10H2,1-2H3,(H,21,24)(H,22,23)/t11-/m0/s1. The molecule has 0 unspecified atom stereocenters. The van der Waals surface area contributed by atoms with Crippen LogP contribution in [0.1, 0.15) is 18.8 Å². The molecule has 1 amide bonds. The Balaban J connectivity index is 1.58. The second-order valence-electron chi connectivity index (χ2n) is 5.64. The van der Waals surface area contributed by atoms with E-state index in [-0.39, 0.29) is 18.5 Å². The molecule has 3 N–H and O–H groups in total. The van der Waals surface area contributed by atoms with Crippen molar-refractivity contribution in [3.8, 4) is 5.75 Å². The zero-order chi connectivity index (χ0) is 17.8. The van der Waals surface area contributed by atoms with Crippen molar-refractivity contribution in [3.63, 3.8) is 0 Å². The molecule has 7 heteroatoms. The lowest BCUT2D eigenvalue weighted by atomic mass is 10.3. The van der Waals surface area contributed by atoms with Gasteiger partial charge in [-0.3, -0.25) is 10.1 Å². The number of H-pyrrole nitrogens is 1. The van der Waals surface area contributed by atoms with Gasteiger partial charge in [0.25, 0.3) is 0 Å². The van der Waals surface area contributed by atoms with E-state index in [2.05, 4.69) is 20.6 Å². The number of fused-ring (bicyclic) bond motifs is 1. The molecule has 1 heterocycles. The minimum atomic E-state index is -0.160. The molecule has 6 nitrogen and oxygen atoms in total. The lowest BCUT2D eigenvalue weighted by Gasteiger charge is -2.12. The van der Waals surface area contributed by atoms with Gasteiger partial charge in [-0.05, 0) is 31.2 Å². The number of carbonyl (C=O) groups is 1. The van der Waals surface area contributed by atoms with Gasteiger partial charge >= 0.3 is 0 Å². The molecule has 1 aromatic heterocycles. The highest BCUT2D eigenvalue weighted by molar-refractivity contribution is 6.32. The normalized spacial score (nSPS) is 12.1.